The van der Waals surface area contributed by atoms with Crippen molar-refractivity contribution in [1.82, 2.24) is 19.5 Å². The monoisotopic (exact) mass is 663 g/mol. The van der Waals surface area contributed by atoms with E-state index in [2.05, 4.69) is 36.4 Å². The number of nitrogens with one attached hydrogen (secondary N) is 1. The van der Waals surface area contributed by atoms with Crippen LogP contribution in [0.15, 0.2) is 53.6 Å². The number of aromatic nitrogens is 3. The van der Waals surface area contributed by atoms with E-state index in [-0.39, 0.29) is 41.3 Å². The number of amides is 1. The second-order valence-electron chi connectivity index (χ2n) is 13.9. The molecule has 1 saturated heterocycles. The van der Waals surface area contributed by atoms with Crippen molar-refractivity contribution >= 4 is 35.0 Å². The van der Waals surface area contributed by atoms with Gasteiger partial charge in [-0.2, -0.15) is 13.2 Å². The van der Waals surface area contributed by atoms with Crippen LogP contribution in [-0.4, -0.2) is 62.0 Å². The van der Waals surface area contributed by atoms with Gasteiger partial charge in [-0.1, -0.05) is 43.9 Å². The van der Waals surface area contributed by atoms with Gasteiger partial charge >= 0.3 is 6.18 Å². The molecule has 2 aromatic heterocycles. The van der Waals surface area contributed by atoms with Crippen LogP contribution < -0.4 is 19.5 Å². The lowest BCUT2D eigenvalue weighted by Crippen LogP contribution is -2.41. The summed E-state index contributed by atoms with van der Waals surface area (Å²) in [7, 11) is -5.98. The number of halogens is 3. The van der Waals surface area contributed by atoms with E-state index in [9.17, 15) is 26.4 Å². The fraction of sp³-hybridized carbons (Fsp3) is 0.516. The lowest BCUT2D eigenvalue weighted by Gasteiger charge is -2.34. The molecular weight excluding hydrogens is 624 g/mol. The number of hydrogen-bond donors (Lipinski definition) is 1. The van der Waals surface area contributed by atoms with Crippen LogP contribution in [0.2, 0.25) is 19.6 Å². The number of ether oxygens (including phenoxy) is 1. The molecule has 14 heteroatoms. The second-order valence-corrected chi connectivity index (χ2v) is 20.6. The van der Waals surface area contributed by atoms with Crippen molar-refractivity contribution in [3.63, 3.8) is 0 Å². The van der Waals surface area contributed by atoms with Gasteiger partial charge in [0.15, 0.2) is 5.82 Å². The van der Waals surface area contributed by atoms with Gasteiger partial charge in [0.2, 0.25) is 5.88 Å². The topological polar surface area (TPSA) is 106 Å². The van der Waals surface area contributed by atoms with Crippen molar-refractivity contribution in [3.8, 4) is 11.7 Å². The fourth-order valence-corrected chi connectivity index (χ4v) is 8.37. The zero-order chi connectivity index (χ0) is 32.9. The Hall–Kier alpha value is -3.39. The van der Waals surface area contributed by atoms with Crippen LogP contribution >= 0.6 is 0 Å². The van der Waals surface area contributed by atoms with Crippen LogP contribution in [0.25, 0.3) is 5.82 Å². The molecule has 2 fully saturated rings. The SMILES string of the molecule is C[C@@H]1CN(c2nc(-n3ccc(OCCC4CC4C(F)(F)F)n3)ccc2C(=O)NS(=O)(=O)c2cccc([Si](C)(C)C)c2)C(C)(C)C1. The summed E-state index contributed by atoms with van der Waals surface area (Å²) >= 11 is 0. The van der Waals surface area contributed by atoms with E-state index in [1.54, 1.807) is 30.5 Å². The molecule has 1 aliphatic carbocycles. The molecule has 0 bridgehead atoms. The molecule has 5 rings (SSSR count). The maximum absolute atomic E-state index is 13.6. The van der Waals surface area contributed by atoms with Crippen molar-refractivity contribution in [1.29, 1.82) is 0 Å². The molecule has 45 heavy (non-hydrogen) atoms. The first-order valence-electron chi connectivity index (χ1n) is 15.1. The standard InChI is InChI=1S/C31H40F3N5O4SSi/c1-20-18-30(2,3)38(19-20)28-24(29(40)37-44(41,42)22-8-7-9-23(17-22)45(4,5)6)10-11-26(35-28)39-14-12-27(36-39)43-15-13-21-16-25(21)31(32,33)34/h7-12,14,17,20-21,25H,13,15-16,18-19H2,1-6H3,(H,37,40)/t20-,21?,25?/m0/s1. The summed E-state index contributed by atoms with van der Waals surface area (Å²) in [6, 6.07) is 11.4. The molecule has 244 valence electrons. The molecule has 1 aliphatic heterocycles. The Morgan fingerprint density at radius 3 is 2.51 bits per heavy atom. The van der Waals surface area contributed by atoms with E-state index in [1.165, 1.54) is 16.8 Å². The molecule has 0 spiro atoms. The average molecular weight is 664 g/mol. The second kappa shape index (κ2) is 11.8. The van der Waals surface area contributed by atoms with E-state index >= 15 is 0 Å². The predicted octanol–water partition coefficient (Wildman–Crippen LogP) is 5.52. The molecule has 1 aromatic carbocycles. The van der Waals surface area contributed by atoms with Crippen molar-refractivity contribution in [2.45, 2.75) is 76.3 Å². The molecule has 0 radical (unpaired) electrons. The highest BCUT2D eigenvalue weighted by Gasteiger charge is 2.55. The van der Waals surface area contributed by atoms with Gasteiger partial charge in [-0.3, -0.25) is 4.79 Å². The highest BCUT2D eigenvalue weighted by molar-refractivity contribution is 7.90. The van der Waals surface area contributed by atoms with Crippen LogP contribution in [0, 0.1) is 17.8 Å². The normalized spacial score (nSPS) is 21.5. The third kappa shape index (κ3) is 7.37. The number of pyridine rings is 1. The number of carbonyl (C=O) groups excluding carboxylic acids is 1. The molecule has 2 unspecified atom stereocenters. The maximum atomic E-state index is 13.6. The third-order valence-corrected chi connectivity index (χ3v) is 11.9. The average Bonchev–Trinajstić information content (AvgIpc) is 3.48. The first-order valence-corrected chi connectivity index (χ1v) is 20.1. The Bertz CT molecular complexity index is 1690. The largest absolute Gasteiger partial charge is 0.477 e. The molecular formula is C31H40F3N5O4SSi. The van der Waals surface area contributed by atoms with Crippen molar-refractivity contribution in [3.05, 3.63) is 54.2 Å². The minimum absolute atomic E-state index is 0.0247. The highest BCUT2D eigenvalue weighted by Crippen LogP contribution is 2.51. The minimum Gasteiger partial charge on any atom is -0.477 e. The Balaban J connectivity index is 1.39. The number of hydrogen-bond acceptors (Lipinski definition) is 7. The summed E-state index contributed by atoms with van der Waals surface area (Å²) < 4.78 is 74.5. The van der Waals surface area contributed by atoms with Crippen molar-refractivity contribution in [2.75, 3.05) is 18.1 Å². The van der Waals surface area contributed by atoms with Crippen molar-refractivity contribution < 1.29 is 31.1 Å². The number of nitrogens with zero attached hydrogens (tertiary/aromatic N) is 4. The molecule has 2 aliphatic rings. The van der Waals surface area contributed by atoms with E-state index in [1.807, 2.05) is 24.8 Å². The van der Waals surface area contributed by atoms with Crippen molar-refractivity contribution in [2.24, 2.45) is 17.8 Å². The Morgan fingerprint density at radius 2 is 1.89 bits per heavy atom. The van der Waals surface area contributed by atoms with Crippen LogP contribution in [0.5, 0.6) is 5.88 Å². The first kappa shape index (κ1) is 33.0. The fourth-order valence-electron chi connectivity index (χ4n) is 6.07. The molecule has 1 saturated carbocycles. The Labute approximate surface area is 263 Å². The van der Waals surface area contributed by atoms with Gasteiger partial charge in [0.25, 0.3) is 15.9 Å². The summed E-state index contributed by atoms with van der Waals surface area (Å²) in [5.41, 5.74) is -0.252. The minimum atomic E-state index is -4.17. The van der Waals surface area contributed by atoms with E-state index < -0.39 is 42.0 Å². The summed E-state index contributed by atoms with van der Waals surface area (Å²) in [5.74, 6) is -1.21. The maximum Gasteiger partial charge on any atom is 0.392 e. The molecule has 9 nitrogen and oxygen atoms in total. The third-order valence-electron chi connectivity index (χ3n) is 8.55. The van der Waals surface area contributed by atoms with E-state index in [4.69, 9.17) is 9.72 Å². The summed E-state index contributed by atoms with van der Waals surface area (Å²) in [4.78, 5) is 20.5. The van der Waals surface area contributed by atoms with E-state index in [0.29, 0.717) is 24.1 Å². The van der Waals surface area contributed by atoms with Gasteiger partial charge in [-0.15, -0.1) is 5.10 Å². The summed E-state index contributed by atoms with van der Waals surface area (Å²) in [5, 5.41) is 5.34. The molecule has 3 aromatic rings. The smallest absolute Gasteiger partial charge is 0.392 e. The number of alkyl halides is 3. The molecule has 3 atom stereocenters. The summed E-state index contributed by atoms with van der Waals surface area (Å²) in [6.45, 7) is 13.3. The zero-order valence-electron chi connectivity index (χ0n) is 26.4. The highest BCUT2D eigenvalue weighted by atomic mass is 32.2. The van der Waals surface area contributed by atoms with Gasteiger partial charge in [0.1, 0.15) is 5.82 Å². The molecule has 3 heterocycles. The number of anilines is 1. The summed E-state index contributed by atoms with van der Waals surface area (Å²) in [6.07, 6.45) is -1.28. The van der Waals surface area contributed by atoms with Crippen LogP contribution in [0.3, 0.4) is 0 Å². The molecule has 1 amide bonds. The van der Waals surface area contributed by atoms with Gasteiger partial charge in [-0.25, -0.2) is 22.8 Å². The number of rotatable bonds is 10. The first-order chi connectivity index (χ1) is 20.8. The van der Waals surface area contributed by atoms with E-state index in [0.717, 1.165) is 11.6 Å². The van der Waals surface area contributed by atoms with Gasteiger partial charge < -0.3 is 9.64 Å². The van der Waals surface area contributed by atoms with Gasteiger partial charge in [0, 0.05) is 24.3 Å². The number of benzene rings is 1. The van der Waals surface area contributed by atoms with Crippen LogP contribution in [-0.2, 0) is 10.0 Å². The van der Waals surface area contributed by atoms with Crippen LogP contribution in [0.1, 0.15) is 50.4 Å². The lowest BCUT2D eigenvalue weighted by molar-refractivity contribution is -0.151. The van der Waals surface area contributed by atoms with Gasteiger partial charge in [-0.05, 0) is 69.2 Å². The predicted molar refractivity (Wildman–Crippen MR) is 168 cm³/mol. The van der Waals surface area contributed by atoms with Gasteiger partial charge in [0.05, 0.1) is 31.1 Å². The molecule has 1 N–H and O–H groups in total. The Morgan fingerprint density at radius 1 is 1.16 bits per heavy atom. The number of carbonyl (C=O) groups is 1. The Kier molecular flexibility index (Phi) is 8.62. The lowest BCUT2D eigenvalue weighted by atomic mass is 9.97. The number of sulfonamides is 1. The van der Waals surface area contributed by atoms with Crippen LogP contribution in [0.4, 0.5) is 19.0 Å². The zero-order valence-corrected chi connectivity index (χ0v) is 28.2. The quantitative estimate of drug-likeness (QED) is 0.285.